The van der Waals surface area contributed by atoms with Crippen molar-refractivity contribution < 1.29 is 9.53 Å². The van der Waals surface area contributed by atoms with Crippen molar-refractivity contribution in [3.63, 3.8) is 0 Å². The summed E-state index contributed by atoms with van der Waals surface area (Å²) in [4.78, 5) is 34.3. The highest BCUT2D eigenvalue weighted by atomic mass is 16.5. The molecule has 0 bridgehead atoms. The van der Waals surface area contributed by atoms with Crippen LogP contribution in [0.4, 0.5) is 0 Å². The number of nitrogens with one attached hydrogen (secondary N) is 1. The largest absolute Gasteiger partial charge is 0.469 e. The number of methoxy groups -OCH3 is 1. The Hall–Kier alpha value is -2.24. The lowest BCUT2D eigenvalue weighted by molar-refractivity contribution is -0.139. The third kappa shape index (κ3) is 2.33. The Morgan fingerprint density at radius 2 is 2.21 bits per heavy atom. The van der Waals surface area contributed by atoms with Gasteiger partial charge in [-0.25, -0.2) is 9.97 Å². The molecule has 6 nitrogen and oxygen atoms in total. The smallest absolute Gasteiger partial charge is 0.311 e. The van der Waals surface area contributed by atoms with E-state index in [1.807, 2.05) is 12.1 Å². The number of aromatic nitrogens is 3. The van der Waals surface area contributed by atoms with Crippen LogP contribution >= 0.6 is 0 Å². The van der Waals surface area contributed by atoms with Crippen molar-refractivity contribution >= 4 is 17.1 Å². The number of carbonyl (C=O) groups is 1. The Morgan fingerprint density at radius 3 is 2.89 bits per heavy atom. The summed E-state index contributed by atoms with van der Waals surface area (Å²) >= 11 is 0. The van der Waals surface area contributed by atoms with Gasteiger partial charge in [-0.15, -0.1) is 0 Å². The number of hydrogen-bond acceptors (Lipinski definition) is 5. The van der Waals surface area contributed by atoms with Gasteiger partial charge < -0.3 is 9.72 Å². The Kier molecular flexibility index (Phi) is 2.77. The molecule has 0 radical (unpaired) electrons. The molecule has 0 unspecified atom stereocenters. The molecule has 0 aromatic carbocycles. The highest BCUT2D eigenvalue weighted by Gasteiger charge is 2.25. The standard InChI is InChI=1S/C13H13N3O3/c1-19-11(17)6-10-13(18)16-12-9(14-10)5-4-8(15-12)7-2-3-7/h4-5,7H,2-3,6H2,1H3,(H,15,16,18). The topological polar surface area (TPSA) is 84.9 Å². The minimum absolute atomic E-state index is 0.133. The minimum Gasteiger partial charge on any atom is -0.469 e. The Morgan fingerprint density at radius 1 is 1.42 bits per heavy atom. The predicted octanol–water partition coefficient (Wildman–Crippen LogP) is 0.911. The average molecular weight is 259 g/mol. The van der Waals surface area contributed by atoms with Gasteiger partial charge >= 0.3 is 5.97 Å². The molecule has 2 heterocycles. The zero-order valence-electron chi connectivity index (χ0n) is 10.5. The maximum Gasteiger partial charge on any atom is 0.311 e. The molecule has 0 saturated heterocycles. The van der Waals surface area contributed by atoms with Crippen molar-refractivity contribution in [2.24, 2.45) is 0 Å². The number of hydrogen-bond donors (Lipinski definition) is 1. The first-order chi connectivity index (χ1) is 9.17. The number of rotatable bonds is 3. The summed E-state index contributed by atoms with van der Waals surface area (Å²) in [5.41, 5.74) is 1.82. The zero-order chi connectivity index (χ0) is 13.4. The second-order valence-corrected chi connectivity index (χ2v) is 4.64. The summed E-state index contributed by atoms with van der Waals surface area (Å²) in [6.07, 6.45) is 2.17. The van der Waals surface area contributed by atoms with Gasteiger partial charge in [0.05, 0.1) is 13.5 Å². The maximum absolute atomic E-state index is 11.8. The quantitative estimate of drug-likeness (QED) is 0.828. The molecule has 1 aliphatic rings. The number of carbonyl (C=O) groups excluding carboxylic acids is 1. The zero-order valence-corrected chi connectivity index (χ0v) is 10.5. The highest BCUT2D eigenvalue weighted by Crippen LogP contribution is 2.39. The van der Waals surface area contributed by atoms with Crippen LogP contribution in [0, 0.1) is 0 Å². The van der Waals surface area contributed by atoms with Crippen LogP contribution in [-0.2, 0) is 16.0 Å². The Balaban J connectivity index is 2.03. The third-order valence-corrected chi connectivity index (χ3v) is 3.18. The lowest BCUT2D eigenvalue weighted by Gasteiger charge is -2.03. The fraction of sp³-hybridized carbons (Fsp3) is 0.385. The van der Waals surface area contributed by atoms with E-state index in [1.165, 1.54) is 7.11 Å². The molecule has 6 heteroatoms. The van der Waals surface area contributed by atoms with Crippen molar-refractivity contribution in [1.82, 2.24) is 15.0 Å². The number of nitrogens with zero attached hydrogens (tertiary/aromatic N) is 2. The number of ether oxygens (including phenoxy) is 1. The summed E-state index contributed by atoms with van der Waals surface area (Å²) < 4.78 is 4.53. The lowest BCUT2D eigenvalue weighted by atomic mass is 10.2. The normalized spacial score (nSPS) is 14.6. The Bertz CT molecular complexity index is 704. The van der Waals surface area contributed by atoms with E-state index in [4.69, 9.17) is 0 Å². The molecule has 0 spiro atoms. The lowest BCUT2D eigenvalue weighted by Crippen LogP contribution is -2.20. The van der Waals surface area contributed by atoms with Crippen molar-refractivity contribution in [3.05, 3.63) is 33.9 Å². The van der Waals surface area contributed by atoms with Gasteiger partial charge in [-0.2, -0.15) is 0 Å². The fourth-order valence-electron chi connectivity index (χ4n) is 1.96. The fourth-order valence-corrected chi connectivity index (χ4v) is 1.96. The van der Waals surface area contributed by atoms with E-state index in [0.717, 1.165) is 18.5 Å². The van der Waals surface area contributed by atoms with Gasteiger partial charge in [-0.1, -0.05) is 0 Å². The van der Waals surface area contributed by atoms with E-state index >= 15 is 0 Å². The summed E-state index contributed by atoms with van der Waals surface area (Å²) in [6, 6.07) is 3.75. The van der Waals surface area contributed by atoms with Crippen molar-refractivity contribution in [2.45, 2.75) is 25.2 Å². The number of pyridine rings is 1. The molecular weight excluding hydrogens is 246 g/mol. The van der Waals surface area contributed by atoms with Gasteiger partial charge in [-0.05, 0) is 25.0 Å². The van der Waals surface area contributed by atoms with Crippen molar-refractivity contribution in [2.75, 3.05) is 7.11 Å². The summed E-state index contributed by atoms with van der Waals surface area (Å²) in [5, 5.41) is 0. The number of aromatic amines is 1. The van der Waals surface area contributed by atoms with E-state index in [1.54, 1.807) is 0 Å². The molecule has 0 atom stereocenters. The van der Waals surface area contributed by atoms with Gasteiger partial charge in [-0.3, -0.25) is 9.59 Å². The number of fused-ring (bicyclic) bond motifs is 1. The van der Waals surface area contributed by atoms with Gasteiger partial charge in [0.15, 0.2) is 5.65 Å². The molecule has 0 aliphatic heterocycles. The monoisotopic (exact) mass is 259 g/mol. The molecule has 1 fully saturated rings. The van der Waals surface area contributed by atoms with Crippen LogP contribution in [0.25, 0.3) is 11.2 Å². The molecular formula is C13H13N3O3. The van der Waals surface area contributed by atoms with Crippen LogP contribution < -0.4 is 5.56 Å². The number of esters is 1. The van der Waals surface area contributed by atoms with Gasteiger partial charge in [0, 0.05) is 11.6 Å². The molecule has 0 amide bonds. The third-order valence-electron chi connectivity index (χ3n) is 3.18. The maximum atomic E-state index is 11.8. The molecule has 1 saturated carbocycles. The first kappa shape index (κ1) is 11.8. The molecule has 1 N–H and O–H groups in total. The molecule has 98 valence electrons. The summed E-state index contributed by atoms with van der Waals surface area (Å²) in [5.74, 6) is 0.0301. The molecule has 3 rings (SSSR count). The van der Waals surface area contributed by atoms with Crippen LogP contribution in [0.5, 0.6) is 0 Å². The van der Waals surface area contributed by atoms with Crippen molar-refractivity contribution in [3.8, 4) is 0 Å². The van der Waals surface area contributed by atoms with Crippen molar-refractivity contribution in [1.29, 1.82) is 0 Å². The first-order valence-electron chi connectivity index (χ1n) is 6.14. The Labute approximate surface area is 108 Å². The van der Waals surface area contributed by atoms with Gasteiger partial charge in [0.25, 0.3) is 5.56 Å². The first-order valence-corrected chi connectivity index (χ1v) is 6.14. The van der Waals surface area contributed by atoms with Crippen LogP contribution in [0.1, 0.15) is 30.1 Å². The molecule has 2 aromatic rings. The van der Waals surface area contributed by atoms with E-state index in [2.05, 4.69) is 19.7 Å². The SMILES string of the molecule is COC(=O)Cc1nc2ccc(C3CC3)nc2[nH]c1=O. The van der Waals surface area contributed by atoms with E-state index in [-0.39, 0.29) is 12.1 Å². The average Bonchev–Trinajstić information content (AvgIpc) is 3.23. The molecule has 19 heavy (non-hydrogen) atoms. The predicted molar refractivity (Wildman–Crippen MR) is 67.9 cm³/mol. The highest BCUT2D eigenvalue weighted by molar-refractivity contribution is 5.74. The van der Waals surface area contributed by atoms with Crippen LogP contribution in [0.3, 0.4) is 0 Å². The second-order valence-electron chi connectivity index (χ2n) is 4.64. The molecule has 2 aromatic heterocycles. The van der Waals surface area contributed by atoms with Crippen LogP contribution in [0.2, 0.25) is 0 Å². The van der Waals surface area contributed by atoms with E-state index in [9.17, 15) is 9.59 Å². The van der Waals surface area contributed by atoms with Gasteiger partial charge in [0.2, 0.25) is 0 Å². The van der Waals surface area contributed by atoms with E-state index < -0.39 is 11.5 Å². The summed E-state index contributed by atoms with van der Waals surface area (Å²) in [7, 11) is 1.28. The van der Waals surface area contributed by atoms with Crippen LogP contribution in [0.15, 0.2) is 16.9 Å². The second kappa shape index (κ2) is 4.46. The minimum atomic E-state index is -0.486. The summed E-state index contributed by atoms with van der Waals surface area (Å²) in [6.45, 7) is 0. The van der Waals surface area contributed by atoms with Gasteiger partial charge in [0.1, 0.15) is 11.2 Å². The van der Waals surface area contributed by atoms with Crippen LogP contribution in [-0.4, -0.2) is 28.0 Å². The van der Waals surface area contributed by atoms with E-state index in [0.29, 0.717) is 17.1 Å². The molecule has 1 aliphatic carbocycles. The number of H-pyrrole nitrogens is 1.